The Bertz CT molecular complexity index is 430. The Labute approximate surface area is 107 Å². The molecule has 2 atom stereocenters. The highest BCUT2D eigenvalue weighted by Crippen LogP contribution is 2.15. The average molecular weight is 247 g/mol. The molecule has 0 spiro atoms. The van der Waals surface area contributed by atoms with Crippen LogP contribution in [0.15, 0.2) is 42.5 Å². The van der Waals surface area contributed by atoms with Gasteiger partial charge in [0.25, 0.3) is 0 Å². The highest BCUT2D eigenvalue weighted by Gasteiger charge is 2.25. The minimum Gasteiger partial charge on any atom is -0.443 e. The monoisotopic (exact) mass is 247 g/mol. The quantitative estimate of drug-likeness (QED) is 0.754. The molecule has 0 bridgehead atoms. The second-order valence-corrected chi connectivity index (χ2v) is 4.30. The Kier molecular flexibility index (Phi) is 3.99. The number of carbonyl (C=O) groups is 1. The molecule has 0 saturated heterocycles. The van der Waals surface area contributed by atoms with Gasteiger partial charge in [-0.25, -0.2) is 4.79 Å². The summed E-state index contributed by atoms with van der Waals surface area (Å²) in [6.45, 7) is 4.01. The summed E-state index contributed by atoms with van der Waals surface area (Å²) in [6.07, 6.45) is 3.29. The van der Waals surface area contributed by atoms with Crippen molar-refractivity contribution in [1.29, 1.82) is 0 Å². The number of amides is 1. The molecule has 1 aromatic carbocycles. The van der Waals surface area contributed by atoms with Gasteiger partial charge in [0.15, 0.2) is 0 Å². The van der Waals surface area contributed by atoms with E-state index in [9.17, 15) is 4.79 Å². The second-order valence-electron chi connectivity index (χ2n) is 4.30. The van der Waals surface area contributed by atoms with Gasteiger partial charge in [0.2, 0.25) is 0 Å². The maximum atomic E-state index is 11.9. The molecular weight excluding hydrogens is 230 g/mol. The summed E-state index contributed by atoms with van der Waals surface area (Å²) < 4.78 is 5.21. The lowest BCUT2D eigenvalue weighted by Gasteiger charge is -2.30. The average Bonchev–Trinajstić information content (AvgIpc) is 2.40. The van der Waals surface area contributed by atoms with Gasteiger partial charge in [0.1, 0.15) is 12.7 Å². The largest absolute Gasteiger partial charge is 0.443 e. The number of hydroxylamine groups is 2. The highest BCUT2D eigenvalue weighted by molar-refractivity contribution is 5.67. The summed E-state index contributed by atoms with van der Waals surface area (Å²) in [6, 6.07) is 9.46. The number of nitrogens with zero attached hydrogens (tertiary/aromatic N) is 1. The van der Waals surface area contributed by atoms with Gasteiger partial charge < -0.3 is 4.74 Å². The van der Waals surface area contributed by atoms with Crippen LogP contribution >= 0.6 is 0 Å². The van der Waals surface area contributed by atoms with E-state index in [1.807, 2.05) is 56.3 Å². The molecule has 0 radical (unpaired) electrons. The van der Waals surface area contributed by atoms with Crippen molar-refractivity contribution < 1.29 is 14.4 Å². The van der Waals surface area contributed by atoms with Gasteiger partial charge in [-0.2, -0.15) is 5.06 Å². The standard InChI is InChI=1S/C14H17NO3/c1-11-8-9-12(2)18-15(11)14(16)17-10-13-6-4-3-5-7-13/h3-9,11-12H,10H2,1-2H3/t11-,12+/m1/s1. The minimum absolute atomic E-state index is 0.106. The van der Waals surface area contributed by atoms with Crippen molar-refractivity contribution in [3.8, 4) is 0 Å². The summed E-state index contributed by atoms with van der Waals surface area (Å²) in [5.74, 6) is 0. The van der Waals surface area contributed by atoms with Crippen LogP contribution in [0.2, 0.25) is 0 Å². The van der Waals surface area contributed by atoms with Crippen molar-refractivity contribution in [3.05, 3.63) is 48.0 Å². The molecule has 1 aliphatic heterocycles. The van der Waals surface area contributed by atoms with Crippen LogP contribution in [-0.4, -0.2) is 23.3 Å². The molecule has 0 saturated carbocycles. The Balaban J connectivity index is 1.90. The minimum atomic E-state index is -0.456. The molecule has 96 valence electrons. The topological polar surface area (TPSA) is 38.8 Å². The van der Waals surface area contributed by atoms with Crippen molar-refractivity contribution in [2.24, 2.45) is 0 Å². The number of ether oxygens (including phenoxy) is 1. The van der Waals surface area contributed by atoms with E-state index in [0.717, 1.165) is 5.56 Å². The van der Waals surface area contributed by atoms with Gasteiger partial charge in [-0.05, 0) is 19.4 Å². The summed E-state index contributed by atoms with van der Waals surface area (Å²) in [4.78, 5) is 17.3. The van der Waals surface area contributed by atoms with E-state index in [4.69, 9.17) is 9.57 Å². The van der Waals surface area contributed by atoms with E-state index < -0.39 is 6.09 Å². The van der Waals surface area contributed by atoms with Crippen LogP contribution in [0.3, 0.4) is 0 Å². The van der Waals surface area contributed by atoms with Crippen LogP contribution in [0.1, 0.15) is 19.4 Å². The normalized spacial score (nSPS) is 22.9. The van der Waals surface area contributed by atoms with Crippen LogP contribution in [0, 0.1) is 0 Å². The van der Waals surface area contributed by atoms with Crippen LogP contribution in [-0.2, 0) is 16.2 Å². The van der Waals surface area contributed by atoms with Gasteiger partial charge >= 0.3 is 6.09 Å². The van der Waals surface area contributed by atoms with Gasteiger partial charge in [0.05, 0.1) is 6.04 Å². The summed E-state index contributed by atoms with van der Waals surface area (Å²) in [7, 11) is 0. The molecular formula is C14H17NO3. The van der Waals surface area contributed by atoms with Gasteiger partial charge in [-0.3, -0.25) is 4.84 Å². The first-order chi connectivity index (χ1) is 8.66. The third kappa shape index (κ3) is 3.11. The fourth-order valence-electron chi connectivity index (χ4n) is 1.70. The molecule has 4 nitrogen and oxygen atoms in total. The van der Waals surface area contributed by atoms with E-state index in [2.05, 4.69) is 0 Å². The summed E-state index contributed by atoms with van der Waals surface area (Å²) in [5.41, 5.74) is 0.958. The van der Waals surface area contributed by atoms with E-state index in [1.165, 1.54) is 5.06 Å². The molecule has 4 heteroatoms. The molecule has 1 amide bonds. The molecule has 0 unspecified atom stereocenters. The smallest absolute Gasteiger partial charge is 0.434 e. The van der Waals surface area contributed by atoms with Crippen LogP contribution in [0.5, 0.6) is 0 Å². The lowest BCUT2D eigenvalue weighted by atomic mass is 10.2. The zero-order valence-electron chi connectivity index (χ0n) is 10.6. The lowest BCUT2D eigenvalue weighted by Crippen LogP contribution is -2.42. The third-order valence-corrected chi connectivity index (χ3v) is 2.70. The first-order valence-electron chi connectivity index (χ1n) is 6.02. The van der Waals surface area contributed by atoms with Crippen molar-refractivity contribution in [3.63, 3.8) is 0 Å². The van der Waals surface area contributed by atoms with Crippen molar-refractivity contribution in [2.75, 3.05) is 0 Å². The van der Waals surface area contributed by atoms with Gasteiger partial charge in [-0.15, -0.1) is 0 Å². The van der Waals surface area contributed by atoms with Crippen LogP contribution in [0.25, 0.3) is 0 Å². The number of hydrogen-bond acceptors (Lipinski definition) is 3. The second kappa shape index (κ2) is 5.69. The van der Waals surface area contributed by atoms with E-state index in [-0.39, 0.29) is 18.8 Å². The van der Waals surface area contributed by atoms with E-state index in [1.54, 1.807) is 0 Å². The predicted octanol–water partition coefficient (Wildman–Crippen LogP) is 2.90. The van der Waals surface area contributed by atoms with Crippen molar-refractivity contribution in [1.82, 2.24) is 5.06 Å². The SMILES string of the molecule is C[C@@H]1C=C[C@H](C)ON1C(=O)OCc1ccccc1. The zero-order valence-corrected chi connectivity index (χ0v) is 10.6. The number of benzene rings is 1. The Morgan fingerprint density at radius 1 is 1.28 bits per heavy atom. The highest BCUT2D eigenvalue weighted by atomic mass is 16.7. The predicted molar refractivity (Wildman–Crippen MR) is 67.6 cm³/mol. The fraction of sp³-hybridized carbons (Fsp3) is 0.357. The van der Waals surface area contributed by atoms with E-state index in [0.29, 0.717) is 0 Å². The molecule has 0 aromatic heterocycles. The molecule has 1 aromatic rings. The van der Waals surface area contributed by atoms with Crippen LogP contribution in [0.4, 0.5) is 4.79 Å². The first-order valence-corrected chi connectivity index (χ1v) is 6.02. The maximum Gasteiger partial charge on any atom is 0.434 e. The van der Waals surface area contributed by atoms with Crippen LogP contribution < -0.4 is 0 Å². The Morgan fingerprint density at radius 2 is 2.00 bits per heavy atom. The molecule has 0 aliphatic carbocycles. The number of carbonyl (C=O) groups excluding carboxylic acids is 1. The lowest BCUT2D eigenvalue weighted by molar-refractivity contribution is -0.176. The number of hydrogen-bond donors (Lipinski definition) is 0. The maximum absolute atomic E-state index is 11.9. The zero-order chi connectivity index (χ0) is 13.0. The van der Waals surface area contributed by atoms with Crippen molar-refractivity contribution in [2.45, 2.75) is 32.6 Å². The molecule has 18 heavy (non-hydrogen) atoms. The Morgan fingerprint density at radius 3 is 2.72 bits per heavy atom. The molecule has 0 fully saturated rings. The summed E-state index contributed by atoms with van der Waals surface area (Å²) in [5, 5.41) is 1.27. The molecule has 1 heterocycles. The fourth-order valence-corrected chi connectivity index (χ4v) is 1.70. The van der Waals surface area contributed by atoms with Gasteiger partial charge in [0, 0.05) is 0 Å². The summed E-state index contributed by atoms with van der Waals surface area (Å²) >= 11 is 0. The third-order valence-electron chi connectivity index (χ3n) is 2.70. The number of rotatable bonds is 2. The molecule has 0 N–H and O–H groups in total. The van der Waals surface area contributed by atoms with Gasteiger partial charge in [-0.1, -0.05) is 42.5 Å². The first kappa shape index (κ1) is 12.6. The van der Waals surface area contributed by atoms with Crippen molar-refractivity contribution >= 4 is 6.09 Å². The Hall–Kier alpha value is -1.81. The van der Waals surface area contributed by atoms with E-state index >= 15 is 0 Å². The molecule has 1 aliphatic rings. The molecule has 2 rings (SSSR count).